The monoisotopic (exact) mass is 381 g/mol. The van der Waals surface area contributed by atoms with Crippen LogP contribution in [-0.4, -0.2) is 21.1 Å². The fraction of sp³-hybridized carbons (Fsp3) is 0.200. The lowest BCUT2D eigenvalue weighted by Gasteiger charge is -2.16. The highest BCUT2D eigenvalue weighted by Gasteiger charge is 2.19. The lowest BCUT2D eigenvalue weighted by atomic mass is 10.1. The summed E-state index contributed by atoms with van der Waals surface area (Å²) in [5, 5.41) is 4.40. The van der Waals surface area contributed by atoms with Crippen LogP contribution in [0.25, 0.3) is 21.9 Å². The number of halogens is 1. The molecule has 0 bridgehead atoms. The molecule has 0 spiro atoms. The number of nitrogens with one attached hydrogen (secondary N) is 1. The summed E-state index contributed by atoms with van der Waals surface area (Å²) >= 11 is 0. The van der Waals surface area contributed by atoms with Crippen LogP contribution in [0.3, 0.4) is 0 Å². The maximum Gasteiger partial charge on any atom is 0.152 e. The van der Waals surface area contributed by atoms with Gasteiger partial charge in [-0.1, -0.05) is 30.3 Å². The molecule has 2 aromatic carbocycles. The van der Waals surface area contributed by atoms with Crippen molar-refractivity contribution in [3.8, 4) is 5.75 Å². The van der Waals surface area contributed by atoms with Crippen molar-refractivity contribution in [3.05, 3.63) is 59.9 Å². The van der Waals surface area contributed by atoms with E-state index in [-0.39, 0.29) is 12.4 Å². The summed E-state index contributed by atoms with van der Waals surface area (Å²) in [7, 11) is 0. The molecule has 3 N–H and O–H groups in total. The Morgan fingerprint density at radius 2 is 1.96 bits per heavy atom. The Morgan fingerprint density at radius 1 is 1.11 bits per heavy atom. The average Bonchev–Trinajstić information content (AvgIpc) is 3.08. The predicted octanol–water partition coefficient (Wildman–Crippen LogP) is 3.27. The standard InChI is InChI=1S/C20H19N5O.ClH/c21-20-18-19(25-9-8-22-11-17(25)24-18)15-7-6-14(10-16(15)23-20)26-12-13-4-2-1-3-5-13;/h1-7,10,22H,8-9,11-12H2,(H2,21,23);1H. The van der Waals surface area contributed by atoms with Gasteiger partial charge in [-0.15, -0.1) is 12.4 Å². The van der Waals surface area contributed by atoms with Crippen molar-refractivity contribution in [2.45, 2.75) is 19.7 Å². The van der Waals surface area contributed by atoms with Crippen LogP contribution in [-0.2, 0) is 19.7 Å². The first-order chi connectivity index (χ1) is 12.8. The van der Waals surface area contributed by atoms with Crippen LogP contribution < -0.4 is 15.8 Å². The molecule has 7 heteroatoms. The number of fused-ring (bicyclic) bond motifs is 5. The Labute approximate surface area is 162 Å². The van der Waals surface area contributed by atoms with Gasteiger partial charge < -0.3 is 20.4 Å². The van der Waals surface area contributed by atoms with Crippen molar-refractivity contribution in [1.82, 2.24) is 19.9 Å². The zero-order valence-corrected chi connectivity index (χ0v) is 15.5. The van der Waals surface area contributed by atoms with Crippen molar-refractivity contribution < 1.29 is 4.74 Å². The number of imidazole rings is 1. The highest BCUT2D eigenvalue weighted by molar-refractivity contribution is 6.07. The number of ether oxygens (including phenoxy) is 1. The molecule has 0 saturated heterocycles. The van der Waals surface area contributed by atoms with E-state index in [0.717, 1.165) is 58.7 Å². The van der Waals surface area contributed by atoms with Crippen LogP contribution in [0.2, 0.25) is 0 Å². The molecule has 0 amide bonds. The molecule has 0 fully saturated rings. The van der Waals surface area contributed by atoms with Gasteiger partial charge in [0.05, 0.1) is 17.6 Å². The van der Waals surface area contributed by atoms with Crippen LogP contribution in [0.15, 0.2) is 48.5 Å². The SMILES string of the molecule is Cl.Nc1nc2cc(OCc3ccccc3)ccc2c2c1nc1n2CCNC1. The van der Waals surface area contributed by atoms with Gasteiger partial charge in [0.25, 0.3) is 0 Å². The van der Waals surface area contributed by atoms with Crippen LogP contribution in [0.5, 0.6) is 5.75 Å². The molecule has 2 aromatic heterocycles. The topological polar surface area (TPSA) is 78.0 Å². The fourth-order valence-electron chi connectivity index (χ4n) is 3.54. The molecule has 1 aliphatic heterocycles. The third-order valence-corrected chi connectivity index (χ3v) is 4.80. The average molecular weight is 382 g/mol. The fourth-order valence-corrected chi connectivity index (χ4v) is 3.54. The van der Waals surface area contributed by atoms with Crippen LogP contribution in [0.4, 0.5) is 5.82 Å². The Kier molecular flexibility index (Phi) is 4.59. The number of rotatable bonds is 3. The molecule has 0 aliphatic carbocycles. The first kappa shape index (κ1) is 17.6. The number of pyridine rings is 1. The first-order valence-electron chi connectivity index (χ1n) is 8.75. The van der Waals surface area contributed by atoms with Crippen molar-refractivity contribution >= 4 is 40.2 Å². The van der Waals surface area contributed by atoms with E-state index in [0.29, 0.717) is 12.4 Å². The highest BCUT2D eigenvalue weighted by atomic mass is 35.5. The molecule has 27 heavy (non-hydrogen) atoms. The van der Waals surface area contributed by atoms with E-state index >= 15 is 0 Å². The van der Waals surface area contributed by atoms with Crippen LogP contribution in [0, 0.1) is 0 Å². The van der Waals surface area contributed by atoms with Gasteiger partial charge in [0.15, 0.2) is 5.82 Å². The lowest BCUT2D eigenvalue weighted by Crippen LogP contribution is -2.28. The van der Waals surface area contributed by atoms with Crippen LogP contribution >= 0.6 is 12.4 Å². The van der Waals surface area contributed by atoms with Crippen molar-refractivity contribution in [2.75, 3.05) is 12.3 Å². The highest BCUT2D eigenvalue weighted by Crippen LogP contribution is 2.31. The molecule has 0 radical (unpaired) electrons. The number of nitrogen functional groups attached to an aromatic ring is 1. The largest absolute Gasteiger partial charge is 0.489 e. The summed E-state index contributed by atoms with van der Waals surface area (Å²) in [5.41, 5.74) is 10.0. The maximum atomic E-state index is 6.20. The van der Waals surface area contributed by atoms with E-state index in [9.17, 15) is 0 Å². The second-order valence-electron chi connectivity index (χ2n) is 6.50. The van der Waals surface area contributed by atoms with E-state index in [1.165, 1.54) is 0 Å². The normalized spacial score (nSPS) is 13.3. The van der Waals surface area contributed by atoms with E-state index in [1.807, 2.05) is 42.5 Å². The zero-order valence-electron chi connectivity index (χ0n) is 14.7. The molecule has 6 nitrogen and oxygen atoms in total. The minimum atomic E-state index is 0. The second-order valence-corrected chi connectivity index (χ2v) is 6.50. The molecule has 0 unspecified atom stereocenters. The molecule has 0 atom stereocenters. The van der Waals surface area contributed by atoms with Gasteiger partial charge in [-0.2, -0.15) is 0 Å². The van der Waals surface area contributed by atoms with E-state index in [4.69, 9.17) is 10.5 Å². The minimum absolute atomic E-state index is 0. The third-order valence-electron chi connectivity index (χ3n) is 4.80. The van der Waals surface area contributed by atoms with Crippen molar-refractivity contribution in [1.29, 1.82) is 0 Å². The molecule has 5 rings (SSSR count). The van der Waals surface area contributed by atoms with E-state index in [1.54, 1.807) is 0 Å². The number of hydrogen-bond acceptors (Lipinski definition) is 5. The lowest BCUT2D eigenvalue weighted by molar-refractivity contribution is 0.306. The van der Waals surface area contributed by atoms with Crippen molar-refractivity contribution in [2.24, 2.45) is 0 Å². The summed E-state index contributed by atoms with van der Waals surface area (Å²) in [4.78, 5) is 9.25. The number of anilines is 1. The molecule has 3 heterocycles. The second kappa shape index (κ2) is 7.06. The zero-order chi connectivity index (χ0) is 17.5. The summed E-state index contributed by atoms with van der Waals surface area (Å²) in [5.74, 6) is 2.26. The number of aromatic nitrogens is 3. The number of nitrogens with two attached hydrogens (primary N) is 1. The number of benzene rings is 2. The quantitative estimate of drug-likeness (QED) is 0.569. The van der Waals surface area contributed by atoms with Gasteiger partial charge >= 0.3 is 0 Å². The molecule has 138 valence electrons. The molecular formula is C20H20ClN5O. The number of nitrogens with zero attached hydrogens (tertiary/aromatic N) is 3. The van der Waals surface area contributed by atoms with Gasteiger partial charge in [-0.3, -0.25) is 0 Å². The van der Waals surface area contributed by atoms with Gasteiger partial charge in [-0.25, -0.2) is 9.97 Å². The van der Waals surface area contributed by atoms with Gasteiger partial charge in [-0.05, 0) is 17.7 Å². The summed E-state index contributed by atoms with van der Waals surface area (Å²) < 4.78 is 8.18. The molecular weight excluding hydrogens is 362 g/mol. The number of hydrogen-bond donors (Lipinski definition) is 2. The Morgan fingerprint density at radius 3 is 2.81 bits per heavy atom. The summed E-state index contributed by atoms with van der Waals surface area (Å²) in [6.07, 6.45) is 0. The molecule has 1 aliphatic rings. The van der Waals surface area contributed by atoms with Gasteiger partial charge in [0, 0.05) is 24.5 Å². The Hall–Kier alpha value is -2.83. The Balaban J connectivity index is 0.00000180. The predicted molar refractivity (Wildman–Crippen MR) is 109 cm³/mol. The Bertz CT molecular complexity index is 1110. The molecule has 4 aromatic rings. The van der Waals surface area contributed by atoms with E-state index in [2.05, 4.69) is 25.9 Å². The summed E-state index contributed by atoms with van der Waals surface area (Å²) in [6.45, 7) is 3.10. The maximum absolute atomic E-state index is 6.20. The first-order valence-corrected chi connectivity index (χ1v) is 8.75. The third kappa shape index (κ3) is 3.07. The molecule has 0 saturated carbocycles. The van der Waals surface area contributed by atoms with Crippen LogP contribution in [0.1, 0.15) is 11.4 Å². The summed E-state index contributed by atoms with van der Waals surface area (Å²) in [6, 6.07) is 16.1. The van der Waals surface area contributed by atoms with Crippen molar-refractivity contribution in [3.63, 3.8) is 0 Å². The van der Waals surface area contributed by atoms with E-state index < -0.39 is 0 Å². The minimum Gasteiger partial charge on any atom is -0.489 e. The van der Waals surface area contributed by atoms with Gasteiger partial charge in [0.2, 0.25) is 0 Å². The smallest absolute Gasteiger partial charge is 0.152 e. The van der Waals surface area contributed by atoms with Gasteiger partial charge in [0.1, 0.15) is 23.7 Å².